The number of nitrogens with zero attached hydrogens (tertiary/aromatic N) is 9. The summed E-state index contributed by atoms with van der Waals surface area (Å²) in [7, 11) is 1.74. The van der Waals surface area contributed by atoms with E-state index in [4.69, 9.17) is 5.26 Å². The summed E-state index contributed by atoms with van der Waals surface area (Å²) in [5, 5.41) is 41.3. The molecule has 1 unspecified atom stereocenters. The quantitative estimate of drug-likeness (QED) is 0.265. The Hall–Kier alpha value is -5.29. The Balaban J connectivity index is 1.49. The smallest absolute Gasteiger partial charge is 0.255 e. The van der Waals surface area contributed by atoms with Gasteiger partial charge in [-0.05, 0) is 54.6 Å². The molecular weight excluding hydrogens is 517 g/mol. The van der Waals surface area contributed by atoms with Gasteiger partial charge in [-0.1, -0.05) is 0 Å². The number of alkyl halides is 1. The van der Waals surface area contributed by atoms with Gasteiger partial charge in [-0.3, -0.25) is 4.79 Å². The van der Waals surface area contributed by atoms with Crippen LogP contribution in [-0.4, -0.2) is 69.3 Å². The van der Waals surface area contributed by atoms with Crippen LogP contribution < -0.4 is 10.6 Å². The van der Waals surface area contributed by atoms with E-state index in [2.05, 4.69) is 41.2 Å². The molecule has 0 spiro atoms. The van der Waals surface area contributed by atoms with Gasteiger partial charge in [-0.25, -0.2) is 19.0 Å². The van der Waals surface area contributed by atoms with Crippen molar-refractivity contribution in [2.75, 3.05) is 11.9 Å². The van der Waals surface area contributed by atoms with E-state index in [1.165, 1.54) is 30.9 Å². The predicted octanol–water partition coefficient (Wildman–Crippen LogP) is 2.46. The zero-order valence-electron chi connectivity index (χ0n) is 21.7. The summed E-state index contributed by atoms with van der Waals surface area (Å²) >= 11 is 0. The Labute approximate surface area is 227 Å². The second kappa shape index (κ2) is 10.5. The van der Waals surface area contributed by atoms with Crippen molar-refractivity contribution in [1.29, 1.82) is 5.26 Å². The van der Waals surface area contributed by atoms with Gasteiger partial charge in [-0.15, -0.1) is 5.10 Å². The van der Waals surface area contributed by atoms with Crippen LogP contribution in [-0.2, 0) is 7.05 Å². The summed E-state index contributed by atoms with van der Waals surface area (Å²) < 4.78 is 17.4. The minimum atomic E-state index is -1.68. The third-order valence-electron chi connectivity index (χ3n) is 6.14. The number of pyridine rings is 2. The first-order valence-electron chi connectivity index (χ1n) is 12.1. The van der Waals surface area contributed by atoms with Crippen molar-refractivity contribution in [2.24, 2.45) is 7.05 Å². The number of aromatic nitrogens is 8. The summed E-state index contributed by atoms with van der Waals surface area (Å²) in [5.74, 6) is 0.355. The molecule has 13 nitrogen and oxygen atoms in total. The Bertz CT molecular complexity index is 1730. The van der Waals surface area contributed by atoms with Gasteiger partial charge in [0.15, 0.2) is 17.3 Å². The molecule has 14 heteroatoms. The van der Waals surface area contributed by atoms with Gasteiger partial charge >= 0.3 is 0 Å². The number of anilines is 2. The van der Waals surface area contributed by atoms with Crippen molar-refractivity contribution >= 4 is 28.3 Å². The molecule has 5 aromatic rings. The first-order chi connectivity index (χ1) is 19.1. The fourth-order valence-corrected chi connectivity index (χ4v) is 3.85. The molecule has 0 aliphatic heterocycles. The highest BCUT2D eigenvalue weighted by Crippen LogP contribution is 2.26. The van der Waals surface area contributed by atoms with Crippen LogP contribution in [0.1, 0.15) is 29.8 Å². The molecular formula is C26H24FN11O2. The van der Waals surface area contributed by atoms with E-state index in [0.717, 1.165) is 5.56 Å². The fraction of sp³-hybridized carbons (Fsp3) is 0.231. The van der Waals surface area contributed by atoms with Gasteiger partial charge in [0.05, 0.1) is 35.2 Å². The number of aliphatic hydroxyl groups is 1. The lowest BCUT2D eigenvalue weighted by molar-refractivity contribution is -0.00177. The van der Waals surface area contributed by atoms with E-state index in [1.54, 1.807) is 42.2 Å². The van der Waals surface area contributed by atoms with E-state index < -0.39 is 17.7 Å². The SMILES string of the molecule is Cn1nnnc1-c1ccc(Nc2cc(-n3ncc4cc(C#N)cnc43)ncc2C(=O)NCC(F)C(C)(C)O)cc1. The van der Waals surface area contributed by atoms with E-state index in [-0.39, 0.29) is 12.1 Å². The van der Waals surface area contributed by atoms with E-state index in [0.29, 0.717) is 39.6 Å². The molecule has 0 aliphatic carbocycles. The van der Waals surface area contributed by atoms with Crippen molar-refractivity contribution in [1.82, 2.24) is 45.3 Å². The highest BCUT2D eigenvalue weighted by molar-refractivity contribution is 6.00. The maximum atomic E-state index is 14.3. The number of nitrogens with one attached hydrogen (secondary N) is 2. The van der Waals surface area contributed by atoms with E-state index >= 15 is 0 Å². The molecule has 0 bridgehead atoms. The van der Waals surface area contributed by atoms with E-state index in [1.807, 2.05) is 18.2 Å². The Morgan fingerprint density at radius 3 is 2.62 bits per heavy atom. The van der Waals surface area contributed by atoms with Crippen LogP contribution in [0, 0.1) is 11.3 Å². The van der Waals surface area contributed by atoms with Crippen LogP contribution in [0.5, 0.6) is 0 Å². The number of hydrogen-bond donors (Lipinski definition) is 3. The van der Waals surface area contributed by atoms with Gasteiger partial charge in [0.25, 0.3) is 5.91 Å². The number of tetrazole rings is 1. The minimum Gasteiger partial charge on any atom is -0.387 e. The normalized spacial score (nSPS) is 12.2. The summed E-state index contributed by atoms with van der Waals surface area (Å²) in [5.41, 5.74) is 1.20. The number of benzene rings is 1. The maximum absolute atomic E-state index is 14.3. The molecule has 1 atom stereocenters. The fourth-order valence-electron chi connectivity index (χ4n) is 3.85. The zero-order chi connectivity index (χ0) is 28.4. The number of nitriles is 1. The van der Waals surface area contributed by atoms with Crippen LogP contribution in [0.25, 0.3) is 28.2 Å². The summed E-state index contributed by atoms with van der Waals surface area (Å²) in [6, 6.07) is 12.6. The summed E-state index contributed by atoms with van der Waals surface area (Å²) in [6.45, 7) is 2.27. The van der Waals surface area contributed by atoms with Crippen LogP contribution in [0.15, 0.2) is 55.0 Å². The third-order valence-corrected chi connectivity index (χ3v) is 6.14. The molecule has 3 N–H and O–H groups in total. The van der Waals surface area contributed by atoms with Crippen LogP contribution >= 0.6 is 0 Å². The van der Waals surface area contributed by atoms with E-state index in [9.17, 15) is 14.3 Å². The number of amides is 1. The highest BCUT2D eigenvalue weighted by Gasteiger charge is 2.27. The lowest BCUT2D eigenvalue weighted by atomic mass is 10.0. The average molecular weight is 542 g/mol. The minimum absolute atomic E-state index is 0.143. The second-order valence-electron chi connectivity index (χ2n) is 9.55. The molecule has 4 aromatic heterocycles. The van der Waals surface area contributed by atoms with Crippen LogP contribution in [0.2, 0.25) is 0 Å². The van der Waals surface area contributed by atoms with Gasteiger partial charge in [-0.2, -0.15) is 15.0 Å². The van der Waals surface area contributed by atoms with Crippen LogP contribution in [0.4, 0.5) is 15.8 Å². The highest BCUT2D eigenvalue weighted by atomic mass is 19.1. The van der Waals surface area contributed by atoms with Crippen molar-refractivity contribution in [3.8, 4) is 23.3 Å². The van der Waals surface area contributed by atoms with Crippen molar-refractivity contribution < 1.29 is 14.3 Å². The number of halogens is 1. The van der Waals surface area contributed by atoms with Gasteiger partial charge in [0.2, 0.25) is 0 Å². The molecule has 1 amide bonds. The molecule has 0 aliphatic rings. The largest absolute Gasteiger partial charge is 0.387 e. The molecule has 40 heavy (non-hydrogen) atoms. The van der Waals surface area contributed by atoms with Crippen molar-refractivity contribution in [3.63, 3.8) is 0 Å². The molecule has 1 aromatic carbocycles. The first kappa shape index (κ1) is 26.3. The Morgan fingerprint density at radius 1 is 1.18 bits per heavy atom. The second-order valence-corrected chi connectivity index (χ2v) is 9.55. The molecule has 0 radical (unpaired) electrons. The number of carbonyl (C=O) groups excluding carboxylic acids is 1. The average Bonchev–Trinajstić information content (AvgIpc) is 3.57. The maximum Gasteiger partial charge on any atom is 0.255 e. The monoisotopic (exact) mass is 541 g/mol. The molecule has 0 saturated carbocycles. The van der Waals surface area contributed by atoms with Gasteiger partial charge < -0.3 is 15.7 Å². The first-order valence-corrected chi connectivity index (χ1v) is 12.1. The number of fused-ring (bicyclic) bond motifs is 1. The summed E-state index contributed by atoms with van der Waals surface area (Å²) in [6.07, 6.45) is 2.67. The molecule has 0 saturated heterocycles. The number of rotatable bonds is 8. The Morgan fingerprint density at radius 2 is 1.95 bits per heavy atom. The predicted molar refractivity (Wildman–Crippen MR) is 142 cm³/mol. The number of hydrogen-bond acceptors (Lipinski definition) is 10. The van der Waals surface area contributed by atoms with Crippen molar-refractivity contribution in [3.05, 3.63) is 66.1 Å². The molecule has 0 fully saturated rings. The van der Waals surface area contributed by atoms with Crippen molar-refractivity contribution in [2.45, 2.75) is 25.6 Å². The van der Waals surface area contributed by atoms with Gasteiger partial charge in [0, 0.05) is 42.1 Å². The number of carbonyl (C=O) groups is 1. The topological polar surface area (TPSA) is 172 Å². The molecule has 202 valence electrons. The number of aryl methyl sites for hydroxylation is 1. The molecule has 4 heterocycles. The lowest BCUT2D eigenvalue weighted by Crippen LogP contribution is -2.42. The van der Waals surface area contributed by atoms with Gasteiger partial charge in [0.1, 0.15) is 12.2 Å². The third kappa shape index (κ3) is 5.31. The standard InChI is InChI=1S/C26H24FN11O2/c1-26(2,40)21(27)14-31-25(39)19-13-29-22(38-23-17(12-32-38)8-15(10-28)11-30-23)9-20(19)33-18-6-4-16(5-7-18)24-34-35-36-37(24)3/h4-9,11-13,21,40H,14H2,1-3H3,(H,29,33)(H,31,39). The Kier molecular flexibility index (Phi) is 6.89. The molecule has 5 rings (SSSR count). The van der Waals surface area contributed by atoms with Crippen LogP contribution in [0.3, 0.4) is 0 Å². The summed E-state index contributed by atoms with van der Waals surface area (Å²) in [4.78, 5) is 21.8. The zero-order valence-corrected chi connectivity index (χ0v) is 21.7. The lowest BCUT2D eigenvalue weighted by Gasteiger charge is -2.22.